The molecular formula is C17H21NOS. The van der Waals surface area contributed by atoms with Gasteiger partial charge < -0.3 is 10.5 Å². The maximum atomic E-state index is 6.31. The van der Waals surface area contributed by atoms with Crippen LogP contribution in [0.5, 0.6) is 5.75 Å². The number of hydrogen-bond acceptors (Lipinski definition) is 3. The van der Waals surface area contributed by atoms with Crippen molar-refractivity contribution in [1.82, 2.24) is 0 Å². The quantitative estimate of drug-likeness (QED) is 0.807. The largest absolute Gasteiger partial charge is 0.494 e. The summed E-state index contributed by atoms with van der Waals surface area (Å²) in [6.07, 6.45) is 3.09. The first-order chi connectivity index (χ1) is 9.74. The monoisotopic (exact) mass is 287 g/mol. The van der Waals surface area contributed by atoms with E-state index >= 15 is 0 Å². The molecule has 2 aromatic rings. The molecule has 0 saturated heterocycles. The summed E-state index contributed by atoms with van der Waals surface area (Å²) < 4.78 is 5.58. The van der Waals surface area contributed by atoms with Crippen LogP contribution in [-0.4, -0.2) is 12.9 Å². The Balaban J connectivity index is 2.09. The Kier molecular flexibility index (Phi) is 5.50. The third kappa shape index (κ3) is 3.78. The van der Waals surface area contributed by atoms with E-state index in [1.807, 2.05) is 24.3 Å². The van der Waals surface area contributed by atoms with Gasteiger partial charge in [0.1, 0.15) is 5.75 Å². The van der Waals surface area contributed by atoms with Gasteiger partial charge in [-0.25, -0.2) is 0 Å². The van der Waals surface area contributed by atoms with Crippen LogP contribution in [0.4, 0.5) is 0 Å². The minimum Gasteiger partial charge on any atom is -0.494 e. The Bertz CT molecular complexity index is 522. The molecule has 2 rings (SSSR count). The lowest BCUT2D eigenvalue weighted by atomic mass is 10.00. The van der Waals surface area contributed by atoms with Crippen LogP contribution in [0.3, 0.4) is 0 Å². The summed E-state index contributed by atoms with van der Waals surface area (Å²) in [5, 5.41) is 0. The predicted octanol–water partition coefficient (Wildman–Crippen LogP) is 4.25. The first kappa shape index (κ1) is 14.9. The molecule has 1 atom stereocenters. The van der Waals surface area contributed by atoms with E-state index in [1.54, 1.807) is 11.8 Å². The Morgan fingerprint density at radius 1 is 1.00 bits per heavy atom. The summed E-state index contributed by atoms with van der Waals surface area (Å²) in [6, 6.07) is 16.4. The van der Waals surface area contributed by atoms with Gasteiger partial charge in [0.2, 0.25) is 0 Å². The zero-order valence-electron chi connectivity index (χ0n) is 12.0. The summed E-state index contributed by atoms with van der Waals surface area (Å²) in [5.41, 5.74) is 8.54. The van der Waals surface area contributed by atoms with Crippen molar-refractivity contribution in [2.75, 3.05) is 12.9 Å². The molecule has 3 heteroatoms. The minimum atomic E-state index is -0.0915. The van der Waals surface area contributed by atoms with Crippen LogP contribution >= 0.6 is 11.8 Å². The second kappa shape index (κ2) is 7.36. The Hall–Kier alpha value is -1.45. The molecule has 2 N–H and O–H groups in total. The summed E-state index contributed by atoms with van der Waals surface area (Å²) >= 11 is 1.74. The van der Waals surface area contributed by atoms with Gasteiger partial charge in [0.25, 0.3) is 0 Å². The van der Waals surface area contributed by atoms with E-state index in [0.29, 0.717) is 0 Å². The molecule has 2 aromatic carbocycles. The van der Waals surface area contributed by atoms with Gasteiger partial charge >= 0.3 is 0 Å². The number of ether oxygens (including phenoxy) is 1. The normalized spacial score (nSPS) is 12.2. The van der Waals surface area contributed by atoms with Crippen molar-refractivity contribution in [1.29, 1.82) is 0 Å². The molecule has 0 fully saturated rings. The van der Waals surface area contributed by atoms with Crippen molar-refractivity contribution in [3.8, 4) is 5.75 Å². The summed E-state index contributed by atoms with van der Waals surface area (Å²) in [5.74, 6) is 0.903. The fourth-order valence-corrected chi connectivity index (χ4v) is 2.40. The van der Waals surface area contributed by atoms with E-state index in [-0.39, 0.29) is 6.04 Å². The van der Waals surface area contributed by atoms with Crippen LogP contribution in [0, 0.1) is 0 Å². The number of benzene rings is 2. The molecule has 0 heterocycles. The van der Waals surface area contributed by atoms with Crippen LogP contribution in [0.25, 0.3) is 0 Å². The summed E-state index contributed by atoms with van der Waals surface area (Å²) in [4.78, 5) is 1.25. The maximum Gasteiger partial charge on any atom is 0.119 e. The zero-order chi connectivity index (χ0) is 14.4. The molecule has 1 unspecified atom stereocenters. The SMILES string of the molecule is CCCOc1ccc(C(N)c2ccc(SC)cc2)cc1. The lowest BCUT2D eigenvalue weighted by Gasteiger charge is -2.14. The van der Waals surface area contributed by atoms with E-state index in [2.05, 4.69) is 37.4 Å². The third-order valence-corrected chi connectivity index (χ3v) is 3.93. The molecule has 0 saturated carbocycles. The first-order valence-corrected chi connectivity index (χ1v) is 8.09. The molecule has 0 aliphatic rings. The highest BCUT2D eigenvalue weighted by molar-refractivity contribution is 7.98. The molecule has 0 radical (unpaired) electrons. The fourth-order valence-electron chi connectivity index (χ4n) is 1.99. The van der Waals surface area contributed by atoms with Gasteiger partial charge in [-0.3, -0.25) is 0 Å². The number of nitrogens with two attached hydrogens (primary N) is 1. The van der Waals surface area contributed by atoms with Gasteiger partial charge in [0.05, 0.1) is 12.6 Å². The van der Waals surface area contributed by atoms with Crippen molar-refractivity contribution >= 4 is 11.8 Å². The second-order valence-electron chi connectivity index (χ2n) is 4.67. The highest BCUT2D eigenvalue weighted by Crippen LogP contribution is 2.24. The fraction of sp³-hybridized carbons (Fsp3) is 0.294. The Morgan fingerprint density at radius 3 is 2.05 bits per heavy atom. The average molecular weight is 287 g/mol. The van der Waals surface area contributed by atoms with E-state index in [9.17, 15) is 0 Å². The molecule has 0 aromatic heterocycles. The summed E-state index contributed by atoms with van der Waals surface area (Å²) in [6.45, 7) is 2.85. The molecule has 0 aliphatic heterocycles. The molecule has 0 aliphatic carbocycles. The van der Waals surface area contributed by atoms with Crippen molar-refractivity contribution in [2.24, 2.45) is 5.73 Å². The summed E-state index contributed by atoms with van der Waals surface area (Å²) in [7, 11) is 0. The molecule has 106 valence electrons. The van der Waals surface area contributed by atoms with Crippen LogP contribution in [0.2, 0.25) is 0 Å². The lowest BCUT2D eigenvalue weighted by molar-refractivity contribution is 0.317. The van der Waals surface area contributed by atoms with Gasteiger partial charge in [0.15, 0.2) is 0 Å². The van der Waals surface area contributed by atoms with Crippen LogP contribution in [0.1, 0.15) is 30.5 Å². The van der Waals surface area contributed by atoms with Crippen LogP contribution in [-0.2, 0) is 0 Å². The minimum absolute atomic E-state index is 0.0915. The van der Waals surface area contributed by atoms with Gasteiger partial charge in [-0.1, -0.05) is 31.2 Å². The van der Waals surface area contributed by atoms with Gasteiger partial charge in [-0.15, -0.1) is 11.8 Å². The van der Waals surface area contributed by atoms with E-state index < -0.39 is 0 Å². The van der Waals surface area contributed by atoms with E-state index in [1.165, 1.54) is 4.90 Å². The highest BCUT2D eigenvalue weighted by atomic mass is 32.2. The van der Waals surface area contributed by atoms with Gasteiger partial charge in [-0.05, 0) is 48.1 Å². The Labute approximate surface area is 125 Å². The molecule has 0 amide bonds. The average Bonchev–Trinajstić information content (AvgIpc) is 2.53. The first-order valence-electron chi connectivity index (χ1n) is 6.87. The standard InChI is InChI=1S/C17H21NOS/c1-3-12-19-15-8-4-13(5-9-15)17(18)14-6-10-16(20-2)11-7-14/h4-11,17H,3,12,18H2,1-2H3. The lowest BCUT2D eigenvalue weighted by Crippen LogP contribution is -2.11. The van der Waals surface area contributed by atoms with E-state index in [0.717, 1.165) is 29.9 Å². The molecular weight excluding hydrogens is 266 g/mol. The highest BCUT2D eigenvalue weighted by Gasteiger charge is 2.08. The van der Waals surface area contributed by atoms with E-state index in [4.69, 9.17) is 10.5 Å². The van der Waals surface area contributed by atoms with Gasteiger partial charge in [0, 0.05) is 4.90 Å². The van der Waals surface area contributed by atoms with Crippen molar-refractivity contribution < 1.29 is 4.74 Å². The predicted molar refractivity (Wildman–Crippen MR) is 86.5 cm³/mol. The zero-order valence-corrected chi connectivity index (χ0v) is 12.8. The third-order valence-electron chi connectivity index (χ3n) is 3.19. The molecule has 0 spiro atoms. The van der Waals surface area contributed by atoms with Crippen LogP contribution < -0.4 is 10.5 Å². The number of hydrogen-bond donors (Lipinski definition) is 1. The maximum absolute atomic E-state index is 6.31. The molecule has 0 bridgehead atoms. The van der Waals surface area contributed by atoms with Crippen molar-refractivity contribution in [3.63, 3.8) is 0 Å². The number of thioether (sulfide) groups is 1. The molecule has 2 nitrogen and oxygen atoms in total. The number of rotatable bonds is 6. The topological polar surface area (TPSA) is 35.2 Å². The Morgan fingerprint density at radius 2 is 1.55 bits per heavy atom. The second-order valence-corrected chi connectivity index (χ2v) is 5.55. The molecule has 20 heavy (non-hydrogen) atoms. The van der Waals surface area contributed by atoms with Crippen molar-refractivity contribution in [3.05, 3.63) is 59.7 Å². The van der Waals surface area contributed by atoms with Crippen LogP contribution in [0.15, 0.2) is 53.4 Å². The smallest absolute Gasteiger partial charge is 0.119 e. The van der Waals surface area contributed by atoms with Crippen molar-refractivity contribution in [2.45, 2.75) is 24.3 Å². The van der Waals surface area contributed by atoms with Gasteiger partial charge in [-0.2, -0.15) is 0 Å².